The van der Waals surface area contributed by atoms with E-state index in [9.17, 15) is 8.78 Å². The summed E-state index contributed by atoms with van der Waals surface area (Å²) in [6.07, 6.45) is 0. The first-order valence-electron chi connectivity index (χ1n) is 6.66. The summed E-state index contributed by atoms with van der Waals surface area (Å²) in [6, 6.07) is 10.8. The van der Waals surface area contributed by atoms with Crippen molar-refractivity contribution in [2.75, 3.05) is 12.4 Å². The van der Waals surface area contributed by atoms with Crippen LogP contribution >= 0.6 is 12.2 Å². The van der Waals surface area contributed by atoms with Crippen LogP contribution in [0.4, 0.5) is 14.5 Å². The summed E-state index contributed by atoms with van der Waals surface area (Å²) in [5, 5.41) is 6.43. The molecule has 6 heteroatoms. The third-order valence-corrected chi connectivity index (χ3v) is 3.36. The van der Waals surface area contributed by atoms with Crippen molar-refractivity contribution >= 4 is 23.0 Å². The molecule has 0 radical (unpaired) electrons. The maximum Gasteiger partial charge on any atom is 0.171 e. The standard InChI is InChI=1S/C16H16F2N2OS/c1-10(11-3-8-14(17)15(18)9-11)19-16(22)20-12-4-6-13(21-2)7-5-12/h3-10H,1-2H3,(H2,19,20,22)/t10-/m1/s1. The molecule has 0 saturated carbocycles. The molecule has 2 aromatic carbocycles. The van der Waals surface area contributed by atoms with Gasteiger partial charge in [-0.3, -0.25) is 0 Å². The van der Waals surface area contributed by atoms with Crippen molar-refractivity contribution in [1.29, 1.82) is 0 Å². The Labute approximate surface area is 133 Å². The van der Waals surface area contributed by atoms with Crippen LogP contribution in [0.15, 0.2) is 42.5 Å². The van der Waals surface area contributed by atoms with E-state index in [1.54, 1.807) is 7.11 Å². The minimum Gasteiger partial charge on any atom is -0.497 e. The van der Waals surface area contributed by atoms with Gasteiger partial charge in [0.2, 0.25) is 0 Å². The zero-order valence-electron chi connectivity index (χ0n) is 12.2. The highest BCUT2D eigenvalue weighted by molar-refractivity contribution is 7.80. The third-order valence-electron chi connectivity index (χ3n) is 3.14. The van der Waals surface area contributed by atoms with Crippen LogP contribution in [0.25, 0.3) is 0 Å². The molecule has 0 aliphatic rings. The van der Waals surface area contributed by atoms with Crippen LogP contribution in [-0.2, 0) is 0 Å². The van der Waals surface area contributed by atoms with E-state index in [2.05, 4.69) is 10.6 Å². The SMILES string of the molecule is COc1ccc(NC(=S)N[C@H](C)c2ccc(F)c(F)c2)cc1. The van der Waals surface area contributed by atoms with Crippen molar-refractivity contribution in [3.05, 3.63) is 59.7 Å². The molecular formula is C16H16F2N2OS. The number of nitrogens with one attached hydrogen (secondary N) is 2. The molecule has 0 aromatic heterocycles. The molecule has 0 aliphatic carbocycles. The van der Waals surface area contributed by atoms with E-state index in [0.29, 0.717) is 10.7 Å². The normalized spacial score (nSPS) is 11.6. The predicted molar refractivity (Wildman–Crippen MR) is 87.1 cm³/mol. The van der Waals surface area contributed by atoms with Gasteiger partial charge in [-0.2, -0.15) is 0 Å². The monoisotopic (exact) mass is 322 g/mol. The minimum atomic E-state index is -0.875. The third kappa shape index (κ3) is 4.14. The van der Waals surface area contributed by atoms with Gasteiger partial charge in [-0.15, -0.1) is 0 Å². The molecule has 0 amide bonds. The van der Waals surface area contributed by atoms with Gasteiger partial charge in [0.25, 0.3) is 0 Å². The van der Waals surface area contributed by atoms with Crippen LogP contribution in [0.3, 0.4) is 0 Å². The molecule has 116 valence electrons. The molecule has 2 N–H and O–H groups in total. The van der Waals surface area contributed by atoms with Crippen LogP contribution in [0.2, 0.25) is 0 Å². The second-order valence-corrected chi connectivity index (χ2v) is 5.13. The van der Waals surface area contributed by atoms with Crippen LogP contribution in [-0.4, -0.2) is 12.2 Å². The Morgan fingerprint density at radius 3 is 2.36 bits per heavy atom. The van der Waals surface area contributed by atoms with Crippen molar-refractivity contribution in [2.24, 2.45) is 0 Å². The smallest absolute Gasteiger partial charge is 0.171 e. The van der Waals surface area contributed by atoms with Gasteiger partial charge in [0.1, 0.15) is 5.75 Å². The van der Waals surface area contributed by atoms with Gasteiger partial charge in [0.15, 0.2) is 16.7 Å². The lowest BCUT2D eigenvalue weighted by Gasteiger charge is -2.17. The first-order chi connectivity index (χ1) is 10.5. The summed E-state index contributed by atoms with van der Waals surface area (Å²) in [5.41, 5.74) is 1.41. The van der Waals surface area contributed by atoms with E-state index in [1.165, 1.54) is 6.07 Å². The summed E-state index contributed by atoms with van der Waals surface area (Å²) < 4.78 is 31.2. The molecule has 0 fully saturated rings. The van der Waals surface area contributed by atoms with Gasteiger partial charge in [0, 0.05) is 5.69 Å². The van der Waals surface area contributed by atoms with Gasteiger partial charge in [-0.05, 0) is 61.1 Å². The fourth-order valence-corrected chi connectivity index (χ4v) is 2.20. The Balaban J connectivity index is 1.96. The molecule has 3 nitrogen and oxygen atoms in total. The number of benzene rings is 2. The molecule has 22 heavy (non-hydrogen) atoms. The number of methoxy groups -OCH3 is 1. The molecular weight excluding hydrogens is 306 g/mol. The lowest BCUT2D eigenvalue weighted by atomic mass is 10.1. The van der Waals surface area contributed by atoms with Crippen LogP contribution in [0.1, 0.15) is 18.5 Å². The van der Waals surface area contributed by atoms with Crippen LogP contribution < -0.4 is 15.4 Å². The number of halogens is 2. The minimum absolute atomic E-state index is 0.256. The number of hydrogen-bond acceptors (Lipinski definition) is 2. The number of rotatable bonds is 4. The molecule has 2 aromatic rings. The second kappa shape index (κ2) is 7.17. The molecule has 2 rings (SSSR count). The summed E-state index contributed by atoms with van der Waals surface area (Å²) in [5.74, 6) is -0.991. The lowest BCUT2D eigenvalue weighted by Crippen LogP contribution is -2.30. The molecule has 0 aliphatic heterocycles. The topological polar surface area (TPSA) is 33.3 Å². The van der Waals surface area contributed by atoms with Crippen molar-refractivity contribution in [1.82, 2.24) is 5.32 Å². The highest BCUT2D eigenvalue weighted by Gasteiger charge is 2.10. The number of ether oxygens (including phenoxy) is 1. The van der Waals surface area contributed by atoms with Crippen molar-refractivity contribution in [3.8, 4) is 5.75 Å². The maximum absolute atomic E-state index is 13.2. The van der Waals surface area contributed by atoms with Gasteiger partial charge >= 0.3 is 0 Å². The summed E-state index contributed by atoms with van der Waals surface area (Å²) >= 11 is 5.21. The van der Waals surface area contributed by atoms with Crippen molar-refractivity contribution < 1.29 is 13.5 Å². The summed E-state index contributed by atoms with van der Waals surface area (Å²) in [4.78, 5) is 0. The Kier molecular flexibility index (Phi) is 5.27. The van der Waals surface area contributed by atoms with Crippen LogP contribution in [0, 0.1) is 11.6 Å². The van der Waals surface area contributed by atoms with Gasteiger partial charge < -0.3 is 15.4 Å². The second-order valence-electron chi connectivity index (χ2n) is 4.72. The van der Waals surface area contributed by atoms with Crippen molar-refractivity contribution in [3.63, 3.8) is 0 Å². The quantitative estimate of drug-likeness (QED) is 0.833. The number of anilines is 1. The first kappa shape index (κ1) is 16.2. The largest absolute Gasteiger partial charge is 0.497 e. The first-order valence-corrected chi connectivity index (χ1v) is 7.07. The summed E-state index contributed by atoms with van der Waals surface area (Å²) in [6.45, 7) is 1.81. The molecule has 0 heterocycles. The molecule has 1 atom stereocenters. The average Bonchev–Trinajstić information content (AvgIpc) is 2.50. The number of thiocarbonyl (C=S) groups is 1. The highest BCUT2D eigenvalue weighted by Crippen LogP contribution is 2.17. The molecule has 0 unspecified atom stereocenters. The van der Waals surface area contributed by atoms with Gasteiger partial charge in [-0.25, -0.2) is 8.78 Å². The van der Waals surface area contributed by atoms with E-state index >= 15 is 0 Å². The Morgan fingerprint density at radius 2 is 1.77 bits per heavy atom. The Bertz CT molecular complexity index is 662. The molecule has 0 spiro atoms. The fourth-order valence-electron chi connectivity index (χ4n) is 1.90. The lowest BCUT2D eigenvalue weighted by molar-refractivity contribution is 0.415. The van der Waals surface area contributed by atoms with Crippen LogP contribution in [0.5, 0.6) is 5.75 Å². The zero-order valence-corrected chi connectivity index (χ0v) is 13.0. The van der Waals surface area contributed by atoms with Gasteiger partial charge in [0.05, 0.1) is 13.2 Å². The van der Waals surface area contributed by atoms with E-state index in [4.69, 9.17) is 17.0 Å². The summed E-state index contributed by atoms with van der Waals surface area (Å²) in [7, 11) is 1.60. The van der Waals surface area contributed by atoms with E-state index in [0.717, 1.165) is 23.6 Å². The molecule has 0 saturated heterocycles. The van der Waals surface area contributed by atoms with Gasteiger partial charge in [-0.1, -0.05) is 6.07 Å². The average molecular weight is 322 g/mol. The Hall–Kier alpha value is -2.21. The van der Waals surface area contributed by atoms with Crippen molar-refractivity contribution in [2.45, 2.75) is 13.0 Å². The molecule has 0 bridgehead atoms. The zero-order chi connectivity index (χ0) is 16.1. The fraction of sp³-hybridized carbons (Fsp3) is 0.188. The van der Waals surface area contributed by atoms with E-state index in [1.807, 2.05) is 31.2 Å². The Morgan fingerprint density at radius 1 is 1.09 bits per heavy atom. The highest BCUT2D eigenvalue weighted by atomic mass is 32.1. The predicted octanol–water partition coefficient (Wildman–Crippen LogP) is 4.02. The van der Waals surface area contributed by atoms with E-state index < -0.39 is 11.6 Å². The van der Waals surface area contributed by atoms with E-state index in [-0.39, 0.29) is 6.04 Å². The maximum atomic E-state index is 13.2. The number of hydrogen-bond donors (Lipinski definition) is 2.